The molecule has 2 rings (SSSR count). The molecule has 0 fully saturated rings. The standard InChI is InChI=1S/C8H9O4.C3H2N3.2ClH.Zr/c1-11-7-4-8(12-2)6(10)3-5(7)9;1-2-4-6-5-3-1;;;/h4,9-10H,1-2H3;1-2H;2*1H;. The predicted molar refractivity (Wildman–Crippen MR) is 76.5 cm³/mol. The Balaban J connectivity index is 0.00000200. The summed E-state index contributed by atoms with van der Waals surface area (Å²) in [7, 11) is 2.87. The van der Waals surface area contributed by atoms with Crippen LogP contribution in [0.25, 0.3) is 0 Å². The van der Waals surface area contributed by atoms with Crippen molar-refractivity contribution in [2.75, 3.05) is 14.2 Å². The Bertz CT molecular complexity index is 561. The Kier molecular flexibility index (Phi) is 8.55. The third kappa shape index (κ3) is 4.43. The molecule has 7 nitrogen and oxygen atoms in total. The minimum absolute atomic E-state index is 0. The van der Waals surface area contributed by atoms with E-state index in [4.69, 9.17) is 9.47 Å². The van der Waals surface area contributed by atoms with Crippen LogP contribution in [0.2, 0.25) is 0 Å². The van der Waals surface area contributed by atoms with Crippen molar-refractivity contribution >= 4 is 31.5 Å². The molecule has 2 N–H and O–H groups in total. The smallest absolute Gasteiger partial charge is 0.147 e. The Labute approximate surface area is 145 Å². The molecule has 0 saturated heterocycles. The summed E-state index contributed by atoms with van der Waals surface area (Å²) in [6.07, 6.45) is 1.52. The first kappa shape index (κ1) is 19.9. The average Bonchev–Trinajstić information content (AvgIpc) is 2.45. The second kappa shape index (κ2) is 9.02. The molecule has 114 valence electrons. The number of benzene rings is 1. The van der Waals surface area contributed by atoms with Gasteiger partial charge in [0.2, 0.25) is 0 Å². The third-order valence-corrected chi connectivity index (χ3v) is 5.46. The van der Waals surface area contributed by atoms with E-state index >= 15 is 0 Å². The maximum atomic E-state index is 10.1. The number of aromatic nitrogens is 3. The summed E-state index contributed by atoms with van der Waals surface area (Å²) in [6, 6.07) is 3.15. The number of hydrogen-bond donors (Lipinski definition) is 2. The molecule has 0 aliphatic heterocycles. The summed E-state index contributed by atoms with van der Waals surface area (Å²) in [5.41, 5.74) is 0. The van der Waals surface area contributed by atoms with Crippen LogP contribution in [0.1, 0.15) is 0 Å². The fourth-order valence-corrected chi connectivity index (χ4v) is 3.92. The molecule has 21 heavy (non-hydrogen) atoms. The van der Waals surface area contributed by atoms with Crippen LogP contribution in [0.4, 0.5) is 0 Å². The van der Waals surface area contributed by atoms with Crippen molar-refractivity contribution in [1.82, 2.24) is 15.4 Å². The van der Waals surface area contributed by atoms with Crippen LogP contribution in [0.5, 0.6) is 23.0 Å². The van der Waals surface area contributed by atoms with Gasteiger partial charge in [-0.3, -0.25) is 0 Å². The van der Waals surface area contributed by atoms with E-state index in [2.05, 4.69) is 15.4 Å². The van der Waals surface area contributed by atoms with Gasteiger partial charge in [0.15, 0.2) is 0 Å². The topological polar surface area (TPSA) is 97.6 Å². The molecule has 0 amide bonds. The normalized spacial score (nSPS) is 9.05. The van der Waals surface area contributed by atoms with E-state index in [-0.39, 0.29) is 47.8 Å². The minimum atomic E-state index is -1.54. The summed E-state index contributed by atoms with van der Waals surface area (Å²) in [5.74, 6) is 0.358. The molecule has 0 radical (unpaired) electrons. The Morgan fingerprint density at radius 2 is 1.62 bits per heavy atom. The average molecular weight is 413 g/mol. The van der Waals surface area contributed by atoms with Crippen LogP contribution in [-0.4, -0.2) is 39.8 Å². The first-order valence-corrected chi connectivity index (χ1v) is 7.71. The first-order valence-electron chi connectivity index (χ1n) is 5.25. The van der Waals surface area contributed by atoms with Crippen LogP contribution < -0.4 is 16.1 Å². The fourth-order valence-electron chi connectivity index (χ4n) is 1.48. The summed E-state index contributed by atoms with van der Waals surface area (Å²) in [4.78, 5) is 0. The van der Waals surface area contributed by atoms with Crippen molar-refractivity contribution in [3.05, 3.63) is 18.3 Å². The monoisotopic (exact) mass is 411 g/mol. The van der Waals surface area contributed by atoms with E-state index in [1.165, 1.54) is 26.5 Å². The van der Waals surface area contributed by atoms with Crippen molar-refractivity contribution in [3.8, 4) is 23.0 Å². The zero-order valence-electron chi connectivity index (χ0n) is 11.1. The first-order chi connectivity index (χ1) is 9.17. The number of aromatic hydroxyl groups is 2. The summed E-state index contributed by atoms with van der Waals surface area (Å²) in [5, 5.41) is 31.2. The zero-order chi connectivity index (χ0) is 13.8. The van der Waals surface area contributed by atoms with E-state index < -0.39 is 23.2 Å². The molecule has 0 bridgehead atoms. The Morgan fingerprint density at radius 1 is 1.05 bits per heavy atom. The van der Waals surface area contributed by atoms with Gasteiger partial charge in [0.1, 0.15) is 0 Å². The van der Waals surface area contributed by atoms with Crippen LogP contribution in [0.3, 0.4) is 0 Å². The number of ether oxygens (including phenoxy) is 2. The molecule has 0 unspecified atom stereocenters. The molecule has 0 saturated carbocycles. The van der Waals surface area contributed by atoms with Gasteiger partial charge in [-0.2, -0.15) is 0 Å². The predicted octanol–water partition coefficient (Wildman–Crippen LogP) is 0.177. The third-order valence-electron chi connectivity index (χ3n) is 2.40. The largest absolute Gasteiger partial charge is 0.147 e. The number of halogens is 2. The quantitative estimate of drug-likeness (QED) is 0.738. The maximum absolute atomic E-state index is 10.1. The zero-order valence-corrected chi connectivity index (χ0v) is 15.2. The van der Waals surface area contributed by atoms with Gasteiger partial charge < -0.3 is 0 Å². The van der Waals surface area contributed by atoms with Gasteiger partial charge >= 0.3 is 121 Å². The molecule has 0 aliphatic rings. The SMILES string of the molecule is COc1cc(OC)c(O)[c]([Zr][c]2ccnnn2)c1O.Cl.Cl. The van der Waals surface area contributed by atoms with Crippen molar-refractivity contribution in [2.45, 2.75) is 0 Å². The van der Waals surface area contributed by atoms with Crippen molar-refractivity contribution in [2.24, 2.45) is 0 Å². The van der Waals surface area contributed by atoms with Crippen LogP contribution in [-0.2, 0) is 23.2 Å². The number of hydrogen-bond acceptors (Lipinski definition) is 7. The summed E-state index contributed by atoms with van der Waals surface area (Å²) >= 11 is -1.54. The molecule has 1 aromatic heterocycles. The van der Waals surface area contributed by atoms with E-state index in [1.54, 1.807) is 6.07 Å². The molecule has 10 heteroatoms. The number of phenolic OH excluding ortho intramolecular Hbond substituents is 2. The minimum Gasteiger partial charge on any atom is -0.147 e. The summed E-state index contributed by atoms with van der Waals surface area (Å²) in [6.45, 7) is 0. The van der Waals surface area contributed by atoms with Gasteiger partial charge in [0, 0.05) is 0 Å². The Morgan fingerprint density at radius 3 is 2.05 bits per heavy atom. The van der Waals surface area contributed by atoms with Gasteiger partial charge in [-0.15, -0.1) is 24.8 Å². The Hall–Kier alpha value is -1.11. The van der Waals surface area contributed by atoms with Crippen molar-refractivity contribution in [1.29, 1.82) is 0 Å². The van der Waals surface area contributed by atoms with Gasteiger partial charge in [-0.05, 0) is 0 Å². The second-order valence-electron chi connectivity index (χ2n) is 3.48. The summed E-state index contributed by atoms with van der Waals surface area (Å²) < 4.78 is 11.3. The molecule has 2 aromatic rings. The van der Waals surface area contributed by atoms with E-state index in [0.717, 1.165) is 3.40 Å². The van der Waals surface area contributed by atoms with Crippen molar-refractivity contribution < 1.29 is 42.9 Å². The molecule has 1 aromatic carbocycles. The second-order valence-corrected chi connectivity index (χ2v) is 6.59. The van der Waals surface area contributed by atoms with Gasteiger partial charge in [0.25, 0.3) is 0 Å². The number of nitrogens with zero attached hydrogens (tertiary/aromatic N) is 3. The maximum Gasteiger partial charge on any atom is -0.147 e. The van der Waals surface area contributed by atoms with Gasteiger partial charge in [-0.1, -0.05) is 0 Å². The van der Waals surface area contributed by atoms with Crippen LogP contribution >= 0.6 is 24.8 Å². The number of methoxy groups -OCH3 is 2. The molecule has 0 aliphatic carbocycles. The van der Waals surface area contributed by atoms with Gasteiger partial charge in [-0.25, -0.2) is 0 Å². The fraction of sp³-hybridized carbons (Fsp3) is 0.182. The van der Waals surface area contributed by atoms with E-state index in [0.29, 0.717) is 3.27 Å². The van der Waals surface area contributed by atoms with E-state index in [9.17, 15) is 10.2 Å². The number of phenols is 2. The molecular weight excluding hydrogens is 400 g/mol. The van der Waals surface area contributed by atoms with Crippen LogP contribution in [0, 0.1) is 0 Å². The van der Waals surface area contributed by atoms with E-state index in [1.807, 2.05) is 0 Å². The number of rotatable bonds is 4. The van der Waals surface area contributed by atoms with Crippen LogP contribution in [0.15, 0.2) is 18.3 Å². The molecule has 1 heterocycles. The molecule has 0 spiro atoms. The molecular formula is C11H13Cl2N3O4Zr. The van der Waals surface area contributed by atoms with Crippen molar-refractivity contribution in [3.63, 3.8) is 0 Å². The van der Waals surface area contributed by atoms with Gasteiger partial charge in [0.05, 0.1) is 0 Å². The molecule has 0 atom stereocenters.